The van der Waals surface area contributed by atoms with Gasteiger partial charge in [0.1, 0.15) is 12.9 Å². The fourth-order valence-electron chi connectivity index (χ4n) is 3.48. The molecule has 0 amide bonds. The maximum Gasteiger partial charge on any atom is 0.338 e. The van der Waals surface area contributed by atoms with Crippen molar-refractivity contribution in [3.8, 4) is 0 Å². The summed E-state index contributed by atoms with van der Waals surface area (Å²) >= 11 is 0. The van der Waals surface area contributed by atoms with Crippen LogP contribution < -0.4 is 0 Å². The lowest BCUT2D eigenvalue weighted by Gasteiger charge is -2.11. The number of carbonyl (C=O) groups excluding carboxylic acids is 2. The Kier molecular flexibility index (Phi) is 8.24. The summed E-state index contributed by atoms with van der Waals surface area (Å²) in [5, 5.41) is 0. The van der Waals surface area contributed by atoms with E-state index >= 15 is 0 Å². The molecule has 1 N–H and O–H groups in total. The van der Waals surface area contributed by atoms with Crippen molar-refractivity contribution in [3.05, 3.63) is 88.0 Å². The second-order valence-corrected chi connectivity index (χ2v) is 13.1. The van der Waals surface area contributed by atoms with Crippen molar-refractivity contribution in [3.63, 3.8) is 0 Å². The summed E-state index contributed by atoms with van der Waals surface area (Å²) in [5.74, 6) is -0.950. The second-order valence-electron chi connectivity index (χ2n) is 8.41. The Morgan fingerprint density at radius 1 is 0.737 bits per heavy atom. The summed E-state index contributed by atoms with van der Waals surface area (Å²) in [4.78, 5) is 22.0. The Labute approximate surface area is 220 Å². The van der Waals surface area contributed by atoms with Gasteiger partial charge in [-0.2, -0.15) is 25.3 Å². The molecular weight excluding hydrogens is 560 g/mol. The molecule has 0 spiro atoms. The van der Waals surface area contributed by atoms with Gasteiger partial charge in [0.15, 0.2) is 0 Å². The van der Waals surface area contributed by atoms with Crippen molar-refractivity contribution in [2.24, 2.45) is 0 Å². The lowest BCUT2D eigenvalue weighted by atomic mass is 10.1. The standard InChI is InChI=1S/C24H22O11S3/c1-15-4-18(13-25)10-22(8-15)37(30,31)35-38(32,33)23-9-16(2)5-19(11-23)14-34-24(26)20-6-17(3)7-21(12-20)36(27,28)29/h4-13H,14H2,1-3H3,(H,27,28,29). The fraction of sp³-hybridized carbons (Fsp3) is 0.167. The first-order valence-corrected chi connectivity index (χ1v) is 14.9. The molecule has 11 nitrogen and oxygen atoms in total. The normalized spacial score (nSPS) is 12.2. The molecule has 14 heteroatoms. The Balaban J connectivity index is 1.85. The number of hydrogen-bond donors (Lipinski definition) is 1. The fourth-order valence-corrected chi connectivity index (χ4v) is 6.90. The molecule has 0 heterocycles. The highest BCUT2D eigenvalue weighted by atomic mass is 32.3. The Hall–Kier alpha value is -3.43. The molecule has 3 rings (SSSR count). The number of hydrogen-bond acceptors (Lipinski definition) is 10. The largest absolute Gasteiger partial charge is 0.457 e. The Morgan fingerprint density at radius 2 is 1.26 bits per heavy atom. The van der Waals surface area contributed by atoms with E-state index in [2.05, 4.69) is 3.63 Å². The SMILES string of the molecule is Cc1cc(C(=O)OCc2cc(C)cc(S(=O)(=O)OS(=O)(=O)c3cc(C)cc(C=O)c3)c2)cc(S(=O)(=O)O)c1. The quantitative estimate of drug-likeness (QED) is 0.223. The second kappa shape index (κ2) is 10.7. The van der Waals surface area contributed by atoms with Crippen molar-refractivity contribution >= 4 is 42.6 Å². The lowest BCUT2D eigenvalue weighted by Crippen LogP contribution is -2.15. The van der Waals surface area contributed by atoms with Gasteiger partial charge in [-0.05, 0) is 91.6 Å². The molecule has 0 aliphatic rings. The highest BCUT2D eigenvalue weighted by molar-refractivity contribution is 8.00. The summed E-state index contributed by atoms with van der Waals surface area (Å²) in [6.07, 6.45) is 0.412. The minimum Gasteiger partial charge on any atom is -0.457 e. The van der Waals surface area contributed by atoms with E-state index in [9.17, 15) is 39.4 Å². The van der Waals surface area contributed by atoms with Gasteiger partial charge in [0.05, 0.1) is 20.2 Å². The summed E-state index contributed by atoms with van der Waals surface area (Å²) in [6, 6.07) is 10.7. The number of aldehydes is 1. The van der Waals surface area contributed by atoms with Crippen LogP contribution in [0.15, 0.2) is 69.3 Å². The van der Waals surface area contributed by atoms with Crippen LogP contribution in [-0.4, -0.2) is 42.1 Å². The third kappa shape index (κ3) is 7.11. The van der Waals surface area contributed by atoms with Crippen LogP contribution in [0.5, 0.6) is 0 Å². The maximum absolute atomic E-state index is 12.8. The number of benzene rings is 3. The van der Waals surface area contributed by atoms with E-state index < -0.39 is 57.6 Å². The van der Waals surface area contributed by atoms with Crippen LogP contribution in [0.1, 0.15) is 43.0 Å². The zero-order chi connectivity index (χ0) is 28.5. The summed E-state index contributed by atoms with van der Waals surface area (Å²) < 4.78 is 92.8. The molecule has 0 atom stereocenters. The maximum atomic E-state index is 12.8. The van der Waals surface area contributed by atoms with Crippen LogP contribution in [0, 0.1) is 20.8 Å². The van der Waals surface area contributed by atoms with Gasteiger partial charge in [-0.15, -0.1) is 3.63 Å². The molecule has 0 unspecified atom stereocenters. The average Bonchev–Trinajstić information content (AvgIpc) is 2.80. The minimum atomic E-state index is -4.87. The van der Waals surface area contributed by atoms with Crippen molar-refractivity contribution in [2.45, 2.75) is 42.1 Å². The van der Waals surface area contributed by atoms with Crippen LogP contribution in [-0.2, 0) is 45.3 Å². The van der Waals surface area contributed by atoms with Gasteiger partial charge in [0, 0.05) is 5.56 Å². The van der Waals surface area contributed by atoms with E-state index in [0.29, 0.717) is 23.0 Å². The molecule has 0 saturated carbocycles. The van der Waals surface area contributed by atoms with Gasteiger partial charge in [-0.1, -0.05) is 6.07 Å². The zero-order valence-corrected chi connectivity index (χ0v) is 22.7. The van der Waals surface area contributed by atoms with Gasteiger partial charge >= 0.3 is 26.2 Å². The first-order valence-electron chi connectivity index (χ1n) is 10.6. The van der Waals surface area contributed by atoms with Crippen molar-refractivity contribution in [2.75, 3.05) is 0 Å². The number of carbonyl (C=O) groups is 2. The molecule has 0 aliphatic carbocycles. The van der Waals surface area contributed by atoms with Crippen molar-refractivity contribution in [1.82, 2.24) is 0 Å². The van der Waals surface area contributed by atoms with Gasteiger partial charge in [-0.25, -0.2) is 4.79 Å². The third-order valence-electron chi connectivity index (χ3n) is 5.03. The lowest BCUT2D eigenvalue weighted by molar-refractivity contribution is 0.0472. The number of aryl methyl sites for hydroxylation is 3. The van der Waals surface area contributed by atoms with E-state index in [0.717, 1.165) is 36.4 Å². The predicted octanol–water partition coefficient (Wildman–Crippen LogP) is 3.12. The average molecular weight is 583 g/mol. The van der Waals surface area contributed by atoms with Crippen molar-refractivity contribution < 1.29 is 47.8 Å². The molecule has 0 aliphatic heterocycles. The monoisotopic (exact) mass is 582 g/mol. The van der Waals surface area contributed by atoms with E-state index in [1.807, 2.05) is 0 Å². The van der Waals surface area contributed by atoms with Gasteiger partial charge in [-0.3, -0.25) is 9.35 Å². The minimum absolute atomic E-state index is 0.0153. The highest BCUT2D eigenvalue weighted by Gasteiger charge is 2.28. The topological polar surface area (TPSA) is 175 Å². The van der Waals surface area contributed by atoms with E-state index in [-0.39, 0.29) is 16.7 Å². The molecular formula is C24H22O11S3. The number of rotatable bonds is 9. The summed E-state index contributed by atoms with van der Waals surface area (Å²) in [5.41, 5.74) is 1.15. The Morgan fingerprint density at radius 3 is 1.84 bits per heavy atom. The summed E-state index contributed by atoms with van der Waals surface area (Å²) in [6.45, 7) is 4.10. The molecule has 0 saturated heterocycles. The van der Waals surface area contributed by atoms with Crippen LogP contribution in [0.25, 0.3) is 0 Å². The van der Waals surface area contributed by atoms with Crippen molar-refractivity contribution in [1.29, 1.82) is 0 Å². The smallest absolute Gasteiger partial charge is 0.338 e. The number of esters is 1. The first-order chi connectivity index (χ1) is 17.5. The molecule has 0 radical (unpaired) electrons. The zero-order valence-electron chi connectivity index (χ0n) is 20.2. The highest BCUT2D eigenvalue weighted by Crippen LogP contribution is 2.24. The van der Waals surface area contributed by atoms with Gasteiger partial charge < -0.3 is 4.74 Å². The van der Waals surface area contributed by atoms with E-state index in [1.165, 1.54) is 39.0 Å². The molecule has 3 aromatic rings. The van der Waals surface area contributed by atoms with Crippen LogP contribution in [0.3, 0.4) is 0 Å². The first kappa shape index (κ1) is 29.1. The molecule has 38 heavy (non-hydrogen) atoms. The van der Waals surface area contributed by atoms with Crippen LogP contribution in [0.2, 0.25) is 0 Å². The van der Waals surface area contributed by atoms with Gasteiger partial charge in [0.2, 0.25) is 0 Å². The molecule has 0 fully saturated rings. The van der Waals surface area contributed by atoms with Crippen LogP contribution >= 0.6 is 0 Å². The summed E-state index contributed by atoms with van der Waals surface area (Å²) in [7, 11) is -14.3. The molecule has 0 aromatic heterocycles. The third-order valence-corrected chi connectivity index (χ3v) is 8.92. The van der Waals surface area contributed by atoms with Gasteiger partial charge in [0.25, 0.3) is 10.1 Å². The Bertz CT molecular complexity index is 1760. The predicted molar refractivity (Wildman–Crippen MR) is 133 cm³/mol. The number of ether oxygens (including phenoxy) is 1. The molecule has 3 aromatic carbocycles. The van der Waals surface area contributed by atoms with Crippen LogP contribution in [0.4, 0.5) is 0 Å². The molecule has 202 valence electrons. The van der Waals surface area contributed by atoms with E-state index in [1.54, 1.807) is 0 Å². The molecule has 0 bridgehead atoms. The van der Waals surface area contributed by atoms with E-state index in [4.69, 9.17) is 4.74 Å².